The molecule has 1 heterocycles. The van der Waals surface area contributed by atoms with Gasteiger partial charge in [0.15, 0.2) is 12.4 Å². The number of hydrogen-bond donors (Lipinski definition) is 1. The number of nitrogens with two attached hydrogens (primary N) is 1. The third-order valence-electron chi connectivity index (χ3n) is 3.31. The van der Waals surface area contributed by atoms with Crippen molar-refractivity contribution < 1.29 is 14.5 Å². The SMILES string of the molecule is Cl.NC1CCN(C(=O)COc2ccccc2[N+](=O)[O-])CC1. The van der Waals surface area contributed by atoms with Crippen LogP contribution in [-0.4, -0.2) is 41.5 Å². The van der Waals surface area contributed by atoms with Crippen molar-refractivity contribution >= 4 is 24.0 Å². The Morgan fingerprint density at radius 2 is 2.00 bits per heavy atom. The van der Waals surface area contributed by atoms with Crippen molar-refractivity contribution in [3.63, 3.8) is 0 Å². The molecule has 0 atom stereocenters. The number of ether oxygens (including phenoxy) is 1. The molecule has 0 spiro atoms. The second kappa shape index (κ2) is 7.80. The van der Waals surface area contributed by atoms with Crippen LogP contribution in [0.5, 0.6) is 5.75 Å². The van der Waals surface area contributed by atoms with Gasteiger partial charge in [-0.1, -0.05) is 12.1 Å². The summed E-state index contributed by atoms with van der Waals surface area (Å²) in [6.45, 7) is 1.03. The Bertz CT molecular complexity index is 504. The van der Waals surface area contributed by atoms with Crippen LogP contribution >= 0.6 is 12.4 Å². The lowest BCUT2D eigenvalue weighted by Crippen LogP contribution is -2.44. The monoisotopic (exact) mass is 315 g/mol. The number of carbonyl (C=O) groups is 1. The zero-order valence-electron chi connectivity index (χ0n) is 11.4. The number of hydrogen-bond acceptors (Lipinski definition) is 5. The fraction of sp³-hybridized carbons (Fsp3) is 0.462. The van der Waals surface area contributed by atoms with Gasteiger partial charge in [-0.05, 0) is 18.9 Å². The molecular weight excluding hydrogens is 298 g/mol. The summed E-state index contributed by atoms with van der Waals surface area (Å²) in [4.78, 5) is 23.9. The average Bonchev–Trinajstić information content (AvgIpc) is 2.45. The third-order valence-corrected chi connectivity index (χ3v) is 3.31. The molecule has 7 nitrogen and oxygen atoms in total. The number of nitrogens with zero attached hydrogens (tertiary/aromatic N) is 2. The zero-order valence-corrected chi connectivity index (χ0v) is 12.3. The number of halogens is 1. The summed E-state index contributed by atoms with van der Waals surface area (Å²) in [6, 6.07) is 6.16. The maximum absolute atomic E-state index is 11.9. The van der Waals surface area contributed by atoms with Crippen molar-refractivity contribution in [1.29, 1.82) is 0 Å². The van der Waals surface area contributed by atoms with E-state index in [0.29, 0.717) is 13.1 Å². The number of para-hydroxylation sites is 2. The molecule has 2 N–H and O–H groups in total. The first-order valence-electron chi connectivity index (χ1n) is 6.47. The number of amides is 1. The molecule has 21 heavy (non-hydrogen) atoms. The first-order chi connectivity index (χ1) is 9.58. The minimum Gasteiger partial charge on any atom is -0.477 e. The molecule has 2 rings (SSSR count). The molecule has 1 amide bonds. The van der Waals surface area contributed by atoms with Gasteiger partial charge < -0.3 is 15.4 Å². The average molecular weight is 316 g/mol. The van der Waals surface area contributed by atoms with Crippen molar-refractivity contribution in [1.82, 2.24) is 4.90 Å². The summed E-state index contributed by atoms with van der Waals surface area (Å²) in [5.74, 6) is -0.0605. The Morgan fingerprint density at radius 3 is 2.62 bits per heavy atom. The number of benzene rings is 1. The summed E-state index contributed by atoms with van der Waals surface area (Å²) in [6.07, 6.45) is 1.55. The summed E-state index contributed by atoms with van der Waals surface area (Å²) in [7, 11) is 0. The Balaban J connectivity index is 0.00000220. The second-order valence-electron chi connectivity index (χ2n) is 4.73. The molecule has 0 aromatic heterocycles. The van der Waals surface area contributed by atoms with E-state index < -0.39 is 4.92 Å². The lowest BCUT2D eigenvalue weighted by atomic mass is 10.1. The molecule has 0 radical (unpaired) electrons. The van der Waals surface area contributed by atoms with Crippen LogP contribution in [0.4, 0.5) is 5.69 Å². The molecule has 1 saturated heterocycles. The normalized spacial score (nSPS) is 15.2. The first-order valence-corrected chi connectivity index (χ1v) is 6.47. The van der Waals surface area contributed by atoms with E-state index in [1.54, 1.807) is 17.0 Å². The minimum atomic E-state index is -0.528. The Morgan fingerprint density at radius 1 is 1.38 bits per heavy atom. The van der Waals surface area contributed by atoms with Gasteiger partial charge in [-0.25, -0.2) is 0 Å². The first kappa shape index (κ1) is 17.2. The van der Waals surface area contributed by atoms with Gasteiger partial charge in [0, 0.05) is 25.2 Å². The highest BCUT2D eigenvalue weighted by Crippen LogP contribution is 2.25. The Labute approximate surface area is 128 Å². The molecule has 1 fully saturated rings. The number of carbonyl (C=O) groups excluding carboxylic acids is 1. The van der Waals surface area contributed by atoms with E-state index >= 15 is 0 Å². The van der Waals surface area contributed by atoms with Crippen molar-refractivity contribution in [2.75, 3.05) is 19.7 Å². The van der Waals surface area contributed by atoms with Crippen LogP contribution in [0.2, 0.25) is 0 Å². The highest BCUT2D eigenvalue weighted by Gasteiger charge is 2.22. The number of piperidine rings is 1. The van der Waals surface area contributed by atoms with Gasteiger partial charge >= 0.3 is 5.69 Å². The highest BCUT2D eigenvalue weighted by molar-refractivity contribution is 5.85. The van der Waals surface area contributed by atoms with E-state index in [4.69, 9.17) is 10.5 Å². The molecule has 0 saturated carbocycles. The van der Waals surface area contributed by atoms with E-state index in [1.165, 1.54) is 12.1 Å². The number of likely N-dealkylation sites (tertiary alicyclic amines) is 1. The number of nitro groups is 1. The summed E-state index contributed by atoms with van der Waals surface area (Å²) >= 11 is 0. The van der Waals surface area contributed by atoms with E-state index in [9.17, 15) is 14.9 Å². The van der Waals surface area contributed by atoms with Crippen LogP contribution in [0.3, 0.4) is 0 Å². The van der Waals surface area contributed by atoms with Gasteiger partial charge in [-0.2, -0.15) is 0 Å². The van der Waals surface area contributed by atoms with Gasteiger partial charge in [0.05, 0.1) is 4.92 Å². The van der Waals surface area contributed by atoms with Crippen LogP contribution in [-0.2, 0) is 4.79 Å². The smallest absolute Gasteiger partial charge is 0.310 e. The largest absolute Gasteiger partial charge is 0.477 e. The van der Waals surface area contributed by atoms with Crippen molar-refractivity contribution in [2.24, 2.45) is 5.73 Å². The highest BCUT2D eigenvalue weighted by atomic mass is 35.5. The topological polar surface area (TPSA) is 98.7 Å². The molecule has 0 aliphatic carbocycles. The minimum absolute atomic E-state index is 0. The standard InChI is InChI=1S/C13H17N3O4.ClH/c14-10-5-7-15(8-6-10)13(17)9-20-12-4-2-1-3-11(12)16(18)19;/h1-4,10H,5-9,14H2;1H. The summed E-state index contributed by atoms with van der Waals surface area (Å²) in [5.41, 5.74) is 5.63. The zero-order chi connectivity index (χ0) is 14.5. The number of nitro benzene ring substituents is 1. The molecule has 0 bridgehead atoms. The van der Waals surface area contributed by atoms with Crippen LogP contribution in [0, 0.1) is 10.1 Å². The lowest BCUT2D eigenvalue weighted by molar-refractivity contribution is -0.385. The summed E-state index contributed by atoms with van der Waals surface area (Å²) in [5, 5.41) is 10.8. The molecule has 1 aliphatic heterocycles. The Kier molecular flexibility index (Phi) is 6.39. The van der Waals surface area contributed by atoms with Crippen LogP contribution in [0.1, 0.15) is 12.8 Å². The maximum Gasteiger partial charge on any atom is 0.310 e. The predicted octanol–water partition coefficient (Wildman–Crippen LogP) is 1.35. The number of rotatable bonds is 4. The second-order valence-corrected chi connectivity index (χ2v) is 4.73. The molecule has 116 valence electrons. The third kappa shape index (κ3) is 4.57. The van der Waals surface area contributed by atoms with E-state index in [1.807, 2.05) is 0 Å². The van der Waals surface area contributed by atoms with Gasteiger partial charge in [0.1, 0.15) is 0 Å². The maximum atomic E-state index is 11.9. The van der Waals surface area contributed by atoms with Crippen molar-refractivity contribution in [3.8, 4) is 5.75 Å². The van der Waals surface area contributed by atoms with E-state index in [-0.39, 0.29) is 42.4 Å². The summed E-state index contributed by atoms with van der Waals surface area (Å²) < 4.78 is 5.28. The van der Waals surface area contributed by atoms with Crippen LogP contribution in [0.15, 0.2) is 24.3 Å². The van der Waals surface area contributed by atoms with Crippen LogP contribution < -0.4 is 10.5 Å². The fourth-order valence-electron chi connectivity index (χ4n) is 2.11. The molecular formula is C13H18ClN3O4. The van der Waals surface area contributed by atoms with Crippen molar-refractivity contribution in [2.45, 2.75) is 18.9 Å². The van der Waals surface area contributed by atoms with E-state index in [2.05, 4.69) is 0 Å². The lowest BCUT2D eigenvalue weighted by Gasteiger charge is -2.30. The van der Waals surface area contributed by atoms with Gasteiger partial charge in [0.25, 0.3) is 5.91 Å². The van der Waals surface area contributed by atoms with E-state index in [0.717, 1.165) is 12.8 Å². The molecule has 1 aromatic rings. The fourth-order valence-corrected chi connectivity index (χ4v) is 2.11. The molecule has 0 unspecified atom stereocenters. The van der Waals surface area contributed by atoms with Gasteiger partial charge in [-0.15, -0.1) is 12.4 Å². The predicted molar refractivity (Wildman–Crippen MR) is 79.6 cm³/mol. The van der Waals surface area contributed by atoms with Crippen molar-refractivity contribution in [3.05, 3.63) is 34.4 Å². The molecule has 1 aliphatic rings. The van der Waals surface area contributed by atoms with Crippen LogP contribution in [0.25, 0.3) is 0 Å². The van der Waals surface area contributed by atoms with Gasteiger partial charge in [-0.3, -0.25) is 14.9 Å². The molecule has 8 heteroatoms. The Hall–Kier alpha value is -1.86. The van der Waals surface area contributed by atoms with Gasteiger partial charge in [0.2, 0.25) is 0 Å². The quantitative estimate of drug-likeness (QED) is 0.668. The molecule has 1 aromatic carbocycles.